The van der Waals surface area contributed by atoms with E-state index in [1.807, 2.05) is 0 Å². The van der Waals surface area contributed by atoms with E-state index in [4.69, 9.17) is 10.8 Å². The highest BCUT2D eigenvalue weighted by Gasteiger charge is 2.35. The molecule has 0 saturated carbocycles. The van der Waals surface area contributed by atoms with E-state index >= 15 is 0 Å². The van der Waals surface area contributed by atoms with Gasteiger partial charge in [-0.2, -0.15) is 0 Å². The van der Waals surface area contributed by atoms with Crippen molar-refractivity contribution in [1.29, 1.82) is 0 Å². The van der Waals surface area contributed by atoms with Gasteiger partial charge in [-0.05, 0) is 25.8 Å². The van der Waals surface area contributed by atoms with E-state index in [9.17, 15) is 9.59 Å². The Morgan fingerprint density at radius 1 is 1.65 bits per heavy atom. The fourth-order valence-electron chi connectivity index (χ4n) is 2.11. The van der Waals surface area contributed by atoms with E-state index in [1.165, 1.54) is 4.90 Å². The van der Waals surface area contributed by atoms with Gasteiger partial charge in [0.1, 0.15) is 6.04 Å². The molecule has 1 heterocycles. The van der Waals surface area contributed by atoms with E-state index in [1.54, 1.807) is 6.08 Å². The summed E-state index contributed by atoms with van der Waals surface area (Å²) in [5.74, 6) is -0.936. The number of amides is 1. The smallest absolute Gasteiger partial charge is 0.326 e. The molecule has 17 heavy (non-hydrogen) atoms. The lowest BCUT2D eigenvalue weighted by Gasteiger charge is -2.24. The van der Waals surface area contributed by atoms with Crippen molar-refractivity contribution < 1.29 is 14.7 Å². The van der Waals surface area contributed by atoms with Crippen molar-refractivity contribution in [2.45, 2.75) is 31.7 Å². The Kier molecular flexibility index (Phi) is 5.15. The first kappa shape index (κ1) is 13.7. The highest BCUT2D eigenvalue weighted by molar-refractivity contribution is 5.85. The van der Waals surface area contributed by atoms with Crippen LogP contribution in [0.15, 0.2) is 12.7 Å². The van der Waals surface area contributed by atoms with Crippen LogP contribution in [0.1, 0.15) is 25.7 Å². The molecule has 1 amide bonds. The predicted octanol–water partition coefficient (Wildman–Crippen LogP) is 0.603. The van der Waals surface area contributed by atoms with Crippen LogP contribution in [0.2, 0.25) is 0 Å². The van der Waals surface area contributed by atoms with Crippen LogP contribution in [0.5, 0.6) is 0 Å². The van der Waals surface area contributed by atoms with Gasteiger partial charge in [-0.15, -0.1) is 6.58 Å². The second-order valence-corrected chi connectivity index (χ2v) is 4.38. The number of hydrogen-bond acceptors (Lipinski definition) is 3. The van der Waals surface area contributed by atoms with Crippen LogP contribution < -0.4 is 5.73 Å². The monoisotopic (exact) mass is 240 g/mol. The van der Waals surface area contributed by atoms with E-state index in [0.29, 0.717) is 25.9 Å². The molecule has 0 aromatic rings. The molecule has 0 aliphatic carbocycles. The molecule has 5 heteroatoms. The summed E-state index contributed by atoms with van der Waals surface area (Å²) in [5, 5.41) is 9.16. The third kappa shape index (κ3) is 3.56. The first-order chi connectivity index (χ1) is 8.10. The molecule has 1 rings (SSSR count). The molecule has 0 bridgehead atoms. The van der Waals surface area contributed by atoms with Gasteiger partial charge in [0.15, 0.2) is 0 Å². The van der Waals surface area contributed by atoms with Crippen molar-refractivity contribution in [2.75, 3.05) is 13.1 Å². The summed E-state index contributed by atoms with van der Waals surface area (Å²) in [6.45, 7) is 4.67. The van der Waals surface area contributed by atoms with Crippen molar-refractivity contribution >= 4 is 11.9 Å². The zero-order chi connectivity index (χ0) is 12.8. The molecule has 2 atom stereocenters. The number of aliphatic carboxylic acids is 1. The Hall–Kier alpha value is -1.36. The quantitative estimate of drug-likeness (QED) is 0.504. The fraction of sp³-hybridized carbons (Fsp3) is 0.667. The maximum absolute atomic E-state index is 11.7. The van der Waals surface area contributed by atoms with Crippen LogP contribution >= 0.6 is 0 Å². The summed E-state index contributed by atoms with van der Waals surface area (Å²) in [6.07, 6.45) is 4.09. The number of nitrogens with two attached hydrogens (primary N) is 1. The molecule has 1 aliphatic rings. The summed E-state index contributed by atoms with van der Waals surface area (Å²) in [7, 11) is 0. The average molecular weight is 240 g/mol. The Labute approximate surface area is 101 Å². The summed E-state index contributed by atoms with van der Waals surface area (Å²) < 4.78 is 0. The molecule has 3 N–H and O–H groups in total. The topological polar surface area (TPSA) is 83.6 Å². The Morgan fingerprint density at radius 2 is 2.35 bits per heavy atom. The van der Waals surface area contributed by atoms with Crippen LogP contribution in [-0.2, 0) is 9.59 Å². The molecule has 0 radical (unpaired) electrons. The minimum Gasteiger partial charge on any atom is -0.480 e. The summed E-state index contributed by atoms with van der Waals surface area (Å²) in [6, 6.07) is -0.709. The molecule has 96 valence electrons. The molecule has 2 unspecified atom stereocenters. The molecule has 0 aromatic carbocycles. The number of carboxylic acids is 1. The lowest BCUT2D eigenvalue weighted by Crippen LogP contribution is -2.42. The Morgan fingerprint density at radius 3 is 2.82 bits per heavy atom. The molecule has 5 nitrogen and oxygen atoms in total. The standard InChI is InChI=1S/C12H20N2O3/c1-2-9-7-11(15)14(8-9)10(12(16)17)5-3-4-6-13/h2,9-10H,1,3-8,13H2,(H,16,17). The zero-order valence-electron chi connectivity index (χ0n) is 9.97. The van der Waals surface area contributed by atoms with Gasteiger partial charge in [-0.1, -0.05) is 6.08 Å². The number of likely N-dealkylation sites (tertiary alicyclic amines) is 1. The summed E-state index contributed by atoms with van der Waals surface area (Å²) in [5.41, 5.74) is 5.37. The predicted molar refractivity (Wildman–Crippen MR) is 64.3 cm³/mol. The third-order valence-corrected chi connectivity index (χ3v) is 3.11. The number of carbonyl (C=O) groups excluding carboxylic acids is 1. The highest BCUT2D eigenvalue weighted by atomic mass is 16.4. The second kappa shape index (κ2) is 6.39. The minimum atomic E-state index is -0.930. The number of carboxylic acid groups (broad SMARTS) is 1. The van der Waals surface area contributed by atoms with Crippen molar-refractivity contribution in [3.05, 3.63) is 12.7 Å². The number of carbonyl (C=O) groups is 2. The first-order valence-corrected chi connectivity index (χ1v) is 5.95. The maximum atomic E-state index is 11.7. The van der Waals surface area contributed by atoms with Gasteiger partial charge in [0.2, 0.25) is 5.91 Å². The maximum Gasteiger partial charge on any atom is 0.326 e. The van der Waals surface area contributed by atoms with Crippen molar-refractivity contribution in [3.63, 3.8) is 0 Å². The van der Waals surface area contributed by atoms with Gasteiger partial charge in [-0.3, -0.25) is 4.79 Å². The zero-order valence-corrected chi connectivity index (χ0v) is 9.97. The van der Waals surface area contributed by atoms with Gasteiger partial charge >= 0.3 is 5.97 Å². The van der Waals surface area contributed by atoms with E-state index in [0.717, 1.165) is 12.8 Å². The lowest BCUT2D eigenvalue weighted by atomic mass is 10.1. The van der Waals surface area contributed by atoms with Gasteiger partial charge < -0.3 is 15.7 Å². The van der Waals surface area contributed by atoms with Gasteiger partial charge in [-0.25, -0.2) is 4.79 Å². The van der Waals surface area contributed by atoms with Gasteiger partial charge in [0.05, 0.1) is 0 Å². The Balaban J connectivity index is 2.61. The van der Waals surface area contributed by atoms with Crippen LogP contribution in [0.4, 0.5) is 0 Å². The van der Waals surface area contributed by atoms with E-state index in [-0.39, 0.29) is 11.8 Å². The molecule has 1 saturated heterocycles. The van der Waals surface area contributed by atoms with E-state index in [2.05, 4.69) is 6.58 Å². The molecular weight excluding hydrogens is 220 g/mol. The van der Waals surface area contributed by atoms with E-state index < -0.39 is 12.0 Å². The van der Waals surface area contributed by atoms with Crippen molar-refractivity contribution in [1.82, 2.24) is 4.90 Å². The van der Waals surface area contributed by atoms with Crippen LogP contribution in [0.3, 0.4) is 0 Å². The largest absolute Gasteiger partial charge is 0.480 e. The van der Waals surface area contributed by atoms with Gasteiger partial charge in [0.25, 0.3) is 0 Å². The van der Waals surface area contributed by atoms with Crippen molar-refractivity contribution in [2.24, 2.45) is 11.7 Å². The van der Waals surface area contributed by atoms with Crippen LogP contribution in [-0.4, -0.2) is 41.0 Å². The molecule has 0 aromatic heterocycles. The molecule has 0 spiro atoms. The number of rotatable bonds is 7. The van der Waals surface area contributed by atoms with Crippen LogP contribution in [0, 0.1) is 5.92 Å². The number of nitrogens with zero attached hydrogens (tertiary/aromatic N) is 1. The normalized spacial score (nSPS) is 21.6. The lowest BCUT2D eigenvalue weighted by molar-refractivity contribution is -0.148. The van der Waals surface area contributed by atoms with Crippen LogP contribution in [0.25, 0.3) is 0 Å². The fourth-order valence-corrected chi connectivity index (χ4v) is 2.11. The Bertz CT molecular complexity index is 304. The number of unbranched alkanes of at least 4 members (excludes halogenated alkanes) is 1. The summed E-state index contributed by atoms with van der Waals surface area (Å²) in [4.78, 5) is 24.3. The first-order valence-electron chi connectivity index (χ1n) is 5.95. The average Bonchev–Trinajstić information content (AvgIpc) is 2.65. The molecule has 1 fully saturated rings. The van der Waals surface area contributed by atoms with Crippen molar-refractivity contribution in [3.8, 4) is 0 Å². The second-order valence-electron chi connectivity index (χ2n) is 4.38. The highest BCUT2D eigenvalue weighted by Crippen LogP contribution is 2.23. The summed E-state index contributed by atoms with van der Waals surface area (Å²) >= 11 is 0. The minimum absolute atomic E-state index is 0.0823. The van der Waals surface area contributed by atoms with Gasteiger partial charge in [0, 0.05) is 18.9 Å². The number of hydrogen-bond donors (Lipinski definition) is 2. The third-order valence-electron chi connectivity index (χ3n) is 3.11. The SMILES string of the molecule is C=CC1CC(=O)N(C(CCCCN)C(=O)O)C1. The molecular formula is C12H20N2O3. The molecule has 1 aliphatic heterocycles.